The standard InChI is InChI=1S/C12H17BrClNO/c1-3-12(2,8-16)7-15-11-6-9(14)4-5-10(11)13/h4-6,15-16H,3,7-8H2,1-2H3. The van der Waals surface area contributed by atoms with Crippen molar-refractivity contribution >= 4 is 33.2 Å². The third-order valence-corrected chi connectivity index (χ3v) is 3.80. The molecule has 1 atom stereocenters. The lowest BCUT2D eigenvalue weighted by atomic mass is 9.88. The predicted octanol–water partition coefficient (Wildman–Crippen LogP) is 3.92. The van der Waals surface area contributed by atoms with E-state index < -0.39 is 0 Å². The van der Waals surface area contributed by atoms with Gasteiger partial charge in [-0.1, -0.05) is 25.4 Å². The summed E-state index contributed by atoms with van der Waals surface area (Å²) in [5, 5.41) is 13.3. The van der Waals surface area contributed by atoms with Gasteiger partial charge in [-0.2, -0.15) is 0 Å². The molecule has 90 valence electrons. The minimum Gasteiger partial charge on any atom is -0.396 e. The minimum absolute atomic E-state index is 0.0955. The van der Waals surface area contributed by atoms with E-state index in [0.717, 1.165) is 23.1 Å². The number of aliphatic hydroxyl groups is 1. The van der Waals surface area contributed by atoms with Gasteiger partial charge >= 0.3 is 0 Å². The molecule has 1 unspecified atom stereocenters. The zero-order chi connectivity index (χ0) is 12.2. The lowest BCUT2D eigenvalue weighted by Gasteiger charge is -2.26. The van der Waals surface area contributed by atoms with Crippen molar-refractivity contribution in [3.05, 3.63) is 27.7 Å². The highest BCUT2D eigenvalue weighted by molar-refractivity contribution is 9.10. The molecule has 0 saturated heterocycles. The van der Waals surface area contributed by atoms with Crippen LogP contribution in [0.4, 0.5) is 5.69 Å². The van der Waals surface area contributed by atoms with Gasteiger partial charge in [0.25, 0.3) is 0 Å². The van der Waals surface area contributed by atoms with Gasteiger partial charge in [-0.05, 0) is 40.5 Å². The van der Waals surface area contributed by atoms with E-state index in [0.29, 0.717) is 5.02 Å². The summed E-state index contributed by atoms with van der Waals surface area (Å²) in [6.45, 7) is 5.02. The second kappa shape index (κ2) is 5.89. The molecule has 0 fully saturated rings. The fraction of sp³-hybridized carbons (Fsp3) is 0.500. The molecule has 0 bridgehead atoms. The first-order valence-electron chi connectivity index (χ1n) is 5.30. The van der Waals surface area contributed by atoms with Crippen molar-refractivity contribution in [2.45, 2.75) is 20.3 Å². The fourth-order valence-electron chi connectivity index (χ4n) is 1.23. The highest BCUT2D eigenvalue weighted by Crippen LogP contribution is 2.28. The second-order valence-electron chi connectivity index (χ2n) is 4.30. The highest BCUT2D eigenvalue weighted by atomic mass is 79.9. The molecule has 16 heavy (non-hydrogen) atoms. The molecule has 1 aromatic carbocycles. The van der Waals surface area contributed by atoms with Crippen LogP contribution in [0.2, 0.25) is 5.02 Å². The topological polar surface area (TPSA) is 32.3 Å². The summed E-state index contributed by atoms with van der Waals surface area (Å²) in [5.41, 5.74) is 0.863. The summed E-state index contributed by atoms with van der Waals surface area (Å²) in [6.07, 6.45) is 0.925. The zero-order valence-electron chi connectivity index (χ0n) is 9.56. The molecule has 4 heteroatoms. The van der Waals surface area contributed by atoms with Gasteiger partial charge < -0.3 is 10.4 Å². The molecule has 2 nitrogen and oxygen atoms in total. The summed E-state index contributed by atoms with van der Waals surface area (Å²) >= 11 is 9.38. The molecule has 0 radical (unpaired) electrons. The highest BCUT2D eigenvalue weighted by Gasteiger charge is 2.20. The van der Waals surface area contributed by atoms with Crippen LogP contribution in [-0.2, 0) is 0 Å². The molecular formula is C12H17BrClNO. The lowest BCUT2D eigenvalue weighted by molar-refractivity contribution is 0.149. The van der Waals surface area contributed by atoms with Gasteiger partial charge in [-0.25, -0.2) is 0 Å². The summed E-state index contributed by atoms with van der Waals surface area (Å²) in [7, 11) is 0. The number of nitrogens with one attached hydrogen (secondary N) is 1. The Labute approximate surface area is 110 Å². The number of benzene rings is 1. The van der Waals surface area contributed by atoms with Crippen molar-refractivity contribution in [2.24, 2.45) is 5.41 Å². The molecule has 0 amide bonds. The molecule has 0 aromatic heterocycles. The Hall–Kier alpha value is -0.250. The van der Waals surface area contributed by atoms with Crippen LogP contribution < -0.4 is 5.32 Å². The molecule has 1 aromatic rings. The number of halogens is 2. The molecule has 0 heterocycles. The molecule has 0 aliphatic carbocycles. The molecule has 0 aliphatic heterocycles. The Bertz CT molecular complexity index is 353. The van der Waals surface area contributed by atoms with Crippen LogP contribution in [-0.4, -0.2) is 18.3 Å². The van der Waals surface area contributed by atoms with Gasteiger partial charge in [0.15, 0.2) is 0 Å². The van der Waals surface area contributed by atoms with Crippen LogP contribution in [0.15, 0.2) is 22.7 Å². The van der Waals surface area contributed by atoms with E-state index in [-0.39, 0.29) is 12.0 Å². The third kappa shape index (κ3) is 3.65. The maximum atomic E-state index is 9.31. The number of aliphatic hydroxyl groups excluding tert-OH is 1. The van der Waals surface area contributed by atoms with E-state index in [2.05, 4.69) is 35.1 Å². The van der Waals surface area contributed by atoms with Crippen molar-refractivity contribution in [3.63, 3.8) is 0 Å². The van der Waals surface area contributed by atoms with Gasteiger partial charge in [0.1, 0.15) is 0 Å². The number of rotatable bonds is 5. The Kier molecular flexibility index (Phi) is 5.09. The number of anilines is 1. The quantitative estimate of drug-likeness (QED) is 0.864. The van der Waals surface area contributed by atoms with E-state index in [1.54, 1.807) is 0 Å². The van der Waals surface area contributed by atoms with Crippen molar-refractivity contribution in [1.82, 2.24) is 0 Å². The SMILES string of the molecule is CCC(C)(CO)CNc1cc(Cl)ccc1Br. The van der Waals surface area contributed by atoms with Crippen LogP contribution in [0.25, 0.3) is 0 Å². The van der Waals surface area contributed by atoms with E-state index >= 15 is 0 Å². The van der Waals surface area contributed by atoms with Gasteiger partial charge in [-0.3, -0.25) is 0 Å². The monoisotopic (exact) mass is 305 g/mol. The second-order valence-corrected chi connectivity index (χ2v) is 5.59. The van der Waals surface area contributed by atoms with Crippen LogP contribution in [0, 0.1) is 5.41 Å². The lowest BCUT2D eigenvalue weighted by Crippen LogP contribution is -2.29. The molecule has 2 N–H and O–H groups in total. The molecule has 0 spiro atoms. The van der Waals surface area contributed by atoms with E-state index in [1.165, 1.54) is 0 Å². The van der Waals surface area contributed by atoms with Crippen LogP contribution >= 0.6 is 27.5 Å². The van der Waals surface area contributed by atoms with Crippen molar-refractivity contribution < 1.29 is 5.11 Å². The van der Waals surface area contributed by atoms with Crippen molar-refractivity contribution in [1.29, 1.82) is 0 Å². The average molecular weight is 307 g/mol. The fourth-order valence-corrected chi connectivity index (χ4v) is 1.79. The number of hydrogen-bond donors (Lipinski definition) is 2. The van der Waals surface area contributed by atoms with Crippen molar-refractivity contribution in [3.8, 4) is 0 Å². The first kappa shape index (κ1) is 13.8. The van der Waals surface area contributed by atoms with E-state index in [1.807, 2.05) is 18.2 Å². The Morgan fingerprint density at radius 3 is 2.75 bits per heavy atom. The average Bonchev–Trinajstić information content (AvgIpc) is 2.30. The normalized spacial score (nSPS) is 14.6. The van der Waals surface area contributed by atoms with Crippen molar-refractivity contribution in [2.75, 3.05) is 18.5 Å². The summed E-state index contributed by atoms with van der Waals surface area (Å²) < 4.78 is 0.980. The Morgan fingerprint density at radius 2 is 2.19 bits per heavy atom. The molecule has 0 saturated carbocycles. The Balaban J connectivity index is 2.70. The summed E-state index contributed by atoms with van der Waals surface area (Å²) in [5.74, 6) is 0. The van der Waals surface area contributed by atoms with E-state index in [9.17, 15) is 5.11 Å². The maximum absolute atomic E-state index is 9.31. The van der Waals surface area contributed by atoms with Crippen LogP contribution in [0.1, 0.15) is 20.3 Å². The smallest absolute Gasteiger partial charge is 0.0501 e. The summed E-state index contributed by atoms with van der Waals surface area (Å²) in [4.78, 5) is 0. The Morgan fingerprint density at radius 1 is 1.50 bits per heavy atom. The maximum Gasteiger partial charge on any atom is 0.0501 e. The van der Waals surface area contributed by atoms with Gasteiger partial charge in [0, 0.05) is 27.1 Å². The van der Waals surface area contributed by atoms with Crippen LogP contribution in [0.3, 0.4) is 0 Å². The van der Waals surface area contributed by atoms with Gasteiger partial charge in [0.05, 0.1) is 6.61 Å². The van der Waals surface area contributed by atoms with E-state index in [4.69, 9.17) is 11.6 Å². The summed E-state index contributed by atoms with van der Waals surface area (Å²) in [6, 6.07) is 5.62. The number of hydrogen-bond acceptors (Lipinski definition) is 2. The van der Waals surface area contributed by atoms with Gasteiger partial charge in [-0.15, -0.1) is 0 Å². The largest absolute Gasteiger partial charge is 0.396 e. The molecule has 0 aliphatic rings. The van der Waals surface area contributed by atoms with Gasteiger partial charge in [0.2, 0.25) is 0 Å². The molecular weight excluding hydrogens is 289 g/mol. The predicted molar refractivity (Wildman–Crippen MR) is 73.1 cm³/mol. The first-order chi connectivity index (χ1) is 7.50. The zero-order valence-corrected chi connectivity index (χ0v) is 11.9. The minimum atomic E-state index is -0.0955. The molecule has 1 rings (SSSR count). The first-order valence-corrected chi connectivity index (χ1v) is 6.47. The third-order valence-electron chi connectivity index (χ3n) is 2.87. The van der Waals surface area contributed by atoms with Crippen LogP contribution in [0.5, 0.6) is 0 Å².